The molecule has 0 spiro atoms. The van der Waals surface area contributed by atoms with Gasteiger partial charge in [-0.3, -0.25) is 10.1 Å². The second kappa shape index (κ2) is 8.11. The fraction of sp³-hybridized carbons (Fsp3) is 0.667. The van der Waals surface area contributed by atoms with Crippen LogP contribution in [-0.2, 0) is 11.3 Å². The number of nitrogens with one attached hydrogen (secondary N) is 1. The van der Waals surface area contributed by atoms with E-state index in [1.165, 1.54) is 0 Å². The lowest BCUT2D eigenvalue weighted by molar-refractivity contribution is -0.116. The maximum absolute atomic E-state index is 11.6. The normalized spacial score (nSPS) is 12.1. The summed E-state index contributed by atoms with van der Waals surface area (Å²) < 4.78 is 1.95. The lowest BCUT2D eigenvalue weighted by Gasteiger charge is -2.11. The number of anilines is 1. The lowest BCUT2D eigenvalue weighted by atomic mass is 10.2. The summed E-state index contributed by atoms with van der Waals surface area (Å²) in [5.74, 6) is 1.11. The van der Waals surface area contributed by atoms with Crippen LogP contribution in [0.15, 0.2) is 12.4 Å². The number of hydrogen-bond acceptors (Lipinski definition) is 3. The topological polar surface area (TPSA) is 72.9 Å². The number of imidazole rings is 1. The van der Waals surface area contributed by atoms with Crippen LogP contribution < -0.4 is 11.1 Å². The van der Waals surface area contributed by atoms with Crippen LogP contribution in [0.25, 0.3) is 0 Å². The Labute approximate surface area is 115 Å². The number of aromatic nitrogens is 2. The monoisotopic (exact) mass is 274 g/mol. The van der Waals surface area contributed by atoms with E-state index in [2.05, 4.69) is 24.1 Å². The van der Waals surface area contributed by atoms with Crippen LogP contribution in [0.3, 0.4) is 0 Å². The van der Waals surface area contributed by atoms with Gasteiger partial charge in [-0.1, -0.05) is 13.8 Å². The Hall–Kier alpha value is -1.07. The standard InChI is InChI=1S/C12H22N4O.ClH/c1-9(2)8-16-7-6-14-12(16)15-11(17)5-4-10(3)13;/h6-7,9-10H,4-5,8,13H2,1-3H3,(H,14,15,17);1H. The van der Waals surface area contributed by atoms with E-state index in [0.29, 0.717) is 24.7 Å². The number of nitrogens with two attached hydrogens (primary N) is 1. The largest absolute Gasteiger partial charge is 0.328 e. The van der Waals surface area contributed by atoms with Crippen molar-refractivity contribution in [3.05, 3.63) is 12.4 Å². The number of halogens is 1. The van der Waals surface area contributed by atoms with Crippen LogP contribution >= 0.6 is 12.4 Å². The van der Waals surface area contributed by atoms with Crippen molar-refractivity contribution in [1.82, 2.24) is 9.55 Å². The molecule has 1 amide bonds. The predicted molar refractivity (Wildman–Crippen MR) is 75.8 cm³/mol. The summed E-state index contributed by atoms with van der Waals surface area (Å²) in [6.07, 6.45) is 4.70. The molecular formula is C12H23ClN4O. The zero-order chi connectivity index (χ0) is 12.8. The van der Waals surface area contributed by atoms with Gasteiger partial charge in [0.1, 0.15) is 0 Å². The minimum Gasteiger partial charge on any atom is -0.328 e. The third-order valence-electron chi connectivity index (χ3n) is 2.36. The van der Waals surface area contributed by atoms with Crippen molar-refractivity contribution in [3.63, 3.8) is 0 Å². The van der Waals surface area contributed by atoms with E-state index in [1.807, 2.05) is 17.7 Å². The molecule has 1 atom stereocenters. The summed E-state index contributed by atoms with van der Waals surface area (Å²) in [6.45, 7) is 7.00. The number of amides is 1. The fourth-order valence-electron chi connectivity index (χ4n) is 1.52. The van der Waals surface area contributed by atoms with Crippen LogP contribution in [-0.4, -0.2) is 21.5 Å². The number of hydrogen-bond donors (Lipinski definition) is 2. The van der Waals surface area contributed by atoms with Crippen LogP contribution in [0, 0.1) is 5.92 Å². The molecule has 0 aliphatic rings. The first kappa shape index (κ1) is 16.9. The molecule has 0 bridgehead atoms. The van der Waals surface area contributed by atoms with Crippen LogP contribution in [0.1, 0.15) is 33.6 Å². The Morgan fingerprint density at radius 3 is 2.72 bits per heavy atom. The molecule has 104 valence electrons. The summed E-state index contributed by atoms with van der Waals surface area (Å²) in [6, 6.07) is 0.0520. The Morgan fingerprint density at radius 1 is 1.50 bits per heavy atom. The summed E-state index contributed by atoms with van der Waals surface area (Å²) in [4.78, 5) is 15.8. The maximum Gasteiger partial charge on any atom is 0.226 e. The zero-order valence-electron chi connectivity index (χ0n) is 11.2. The van der Waals surface area contributed by atoms with Gasteiger partial charge in [-0.2, -0.15) is 0 Å². The molecule has 6 heteroatoms. The molecule has 0 aliphatic heterocycles. The van der Waals surface area contributed by atoms with E-state index in [-0.39, 0.29) is 24.4 Å². The number of carbonyl (C=O) groups excluding carboxylic acids is 1. The first-order valence-electron chi connectivity index (χ1n) is 6.05. The molecule has 0 saturated carbocycles. The molecule has 0 saturated heterocycles. The third kappa shape index (κ3) is 6.02. The fourth-order valence-corrected chi connectivity index (χ4v) is 1.52. The van der Waals surface area contributed by atoms with Gasteiger partial charge in [0.05, 0.1) is 0 Å². The van der Waals surface area contributed by atoms with Crippen molar-refractivity contribution in [2.75, 3.05) is 5.32 Å². The van der Waals surface area contributed by atoms with Crippen LogP contribution in [0.4, 0.5) is 5.95 Å². The molecule has 0 aliphatic carbocycles. The molecule has 3 N–H and O–H groups in total. The molecule has 1 rings (SSSR count). The second-order valence-electron chi connectivity index (χ2n) is 4.86. The molecular weight excluding hydrogens is 252 g/mol. The van der Waals surface area contributed by atoms with Crippen molar-refractivity contribution >= 4 is 24.3 Å². The smallest absolute Gasteiger partial charge is 0.226 e. The van der Waals surface area contributed by atoms with Crippen molar-refractivity contribution < 1.29 is 4.79 Å². The summed E-state index contributed by atoms with van der Waals surface area (Å²) in [5, 5.41) is 2.81. The molecule has 0 aromatic carbocycles. The highest BCUT2D eigenvalue weighted by Crippen LogP contribution is 2.09. The highest BCUT2D eigenvalue weighted by Gasteiger charge is 2.09. The average Bonchev–Trinajstić information content (AvgIpc) is 2.62. The van der Waals surface area contributed by atoms with Crippen molar-refractivity contribution in [2.24, 2.45) is 11.7 Å². The van der Waals surface area contributed by atoms with Gasteiger partial charge in [-0.15, -0.1) is 12.4 Å². The van der Waals surface area contributed by atoms with Gasteiger partial charge in [0.25, 0.3) is 0 Å². The van der Waals surface area contributed by atoms with E-state index < -0.39 is 0 Å². The number of nitrogens with zero attached hydrogens (tertiary/aromatic N) is 2. The molecule has 1 aromatic rings. The van der Waals surface area contributed by atoms with E-state index in [1.54, 1.807) is 6.20 Å². The van der Waals surface area contributed by atoms with Crippen LogP contribution in [0.5, 0.6) is 0 Å². The van der Waals surface area contributed by atoms with Gasteiger partial charge < -0.3 is 10.3 Å². The summed E-state index contributed by atoms with van der Waals surface area (Å²) in [5.41, 5.74) is 5.61. The first-order chi connectivity index (χ1) is 7.99. The van der Waals surface area contributed by atoms with Gasteiger partial charge in [0.15, 0.2) is 0 Å². The molecule has 1 heterocycles. The molecule has 5 nitrogen and oxygen atoms in total. The van der Waals surface area contributed by atoms with E-state index in [0.717, 1.165) is 6.54 Å². The zero-order valence-corrected chi connectivity index (χ0v) is 12.0. The van der Waals surface area contributed by atoms with Gasteiger partial charge in [-0.05, 0) is 19.3 Å². The van der Waals surface area contributed by atoms with Crippen molar-refractivity contribution in [3.8, 4) is 0 Å². The van der Waals surface area contributed by atoms with Gasteiger partial charge in [-0.25, -0.2) is 4.98 Å². The van der Waals surface area contributed by atoms with Gasteiger partial charge in [0.2, 0.25) is 11.9 Å². The predicted octanol–water partition coefficient (Wildman–Crippen LogP) is 2.03. The maximum atomic E-state index is 11.6. The Kier molecular flexibility index (Phi) is 7.62. The Morgan fingerprint density at radius 2 is 2.17 bits per heavy atom. The highest BCUT2D eigenvalue weighted by atomic mass is 35.5. The third-order valence-corrected chi connectivity index (χ3v) is 2.36. The van der Waals surface area contributed by atoms with E-state index in [9.17, 15) is 4.79 Å². The Bertz CT molecular complexity index is 363. The molecule has 1 unspecified atom stereocenters. The average molecular weight is 275 g/mol. The number of rotatable bonds is 6. The molecule has 0 fully saturated rings. The van der Waals surface area contributed by atoms with Crippen LogP contribution in [0.2, 0.25) is 0 Å². The highest BCUT2D eigenvalue weighted by molar-refractivity contribution is 5.89. The minimum atomic E-state index is -0.0292. The Balaban J connectivity index is 0.00000289. The SMILES string of the molecule is CC(C)Cn1ccnc1NC(=O)CCC(C)N.Cl. The first-order valence-corrected chi connectivity index (χ1v) is 6.05. The second-order valence-corrected chi connectivity index (χ2v) is 4.86. The summed E-state index contributed by atoms with van der Waals surface area (Å²) in [7, 11) is 0. The minimum absolute atomic E-state index is 0. The van der Waals surface area contributed by atoms with Crippen molar-refractivity contribution in [2.45, 2.75) is 46.2 Å². The van der Waals surface area contributed by atoms with E-state index in [4.69, 9.17) is 5.73 Å². The van der Waals surface area contributed by atoms with Gasteiger partial charge in [0, 0.05) is 31.4 Å². The molecule has 1 aromatic heterocycles. The lowest BCUT2D eigenvalue weighted by Crippen LogP contribution is -2.21. The quantitative estimate of drug-likeness (QED) is 0.834. The van der Waals surface area contributed by atoms with Crippen molar-refractivity contribution in [1.29, 1.82) is 0 Å². The molecule has 18 heavy (non-hydrogen) atoms. The summed E-state index contributed by atoms with van der Waals surface area (Å²) >= 11 is 0. The van der Waals surface area contributed by atoms with Gasteiger partial charge >= 0.3 is 0 Å². The van der Waals surface area contributed by atoms with E-state index >= 15 is 0 Å². The molecule has 0 radical (unpaired) electrons. The number of carbonyl (C=O) groups is 1.